The molecule has 9 heteroatoms. The lowest BCUT2D eigenvalue weighted by atomic mass is 10.2. The summed E-state index contributed by atoms with van der Waals surface area (Å²) in [6.45, 7) is 0. The van der Waals surface area contributed by atoms with Gasteiger partial charge in [0.1, 0.15) is 5.69 Å². The molecule has 28 heavy (non-hydrogen) atoms. The molecule has 0 bridgehead atoms. The Labute approximate surface area is 158 Å². The number of aromatic nitrogens is 2. The van der Waals surface area contributed by atoms with E-state index in [9.17, 15) is 18.4 Å². The summed E-state index contributed by atoms with van der Waals surface area (Å²) < 4.78 is 31.0. The molecule has 0 spiro atoms. The molecule has 0 saturated heterocycles. The highest BCUT2D eigenvalue weighted by molar-refractivity contribution is 6.03. The summed E-state index contributed by atoms with van der Waals surface area (Å²) in [7, 11) is 1.26. The van der Waals surface area contributed by atoms with Crippen LogP contribution in [0.25, 0.3) is 0 Å². The van der Waals surface area contributed by atoms with E-state index in [4.69, 9.17) is 4.74 Å². The molecule has 0 saturated carbocycles. The van der Waals surface area contributed by atoms with Crippen molar-refractivity contribution < 1.29 is 23.1 Å². The molecule has 0 aliphatic carbocycles. The SMILES string of the molecule is COC(=O)c1ccccc1Nc1nccc(C(=O)Nc2ccc(F)c(F)c2)n1. The Bertz CT molecular complexity index is 1040. The van der Waals surface area contributed by atoms with E-state index < -0.39 is 23.5 Å². The summed E-state index contributed by atoms with van der Waals surface area (Å²) in [5.74, 6) is -3.22. The van der Waals surface area contributed by atoms with E-state index in [1.807, 2.05) is 0 Å². The average Bonchev–Trinajstić information content (AvgIpc) is 2.71. The van der Waals surface area contributed by atoms with Crippen molar-refractivity contribution in [1.29, 1.82) is 0 Å². The minimum absolute atomic E-state index is 0.0159. The van der Waals surface area contributed by atoms with Crippen LogP contribution in [0, 0.1) is 11.6 Å². The van der Waals surface area contributed by atoms with Crippen molar-refractivity contribution in [3.63, 3.8) is 0 Å². The van der Waals surface area contributed by atoms with Crippen LogP contribution in [0.5, 0.6) is 0 Å². The Morgan fingerprint density at radius 2 is 1.82 bits per heavy atom. The van der Waals surface area contributed by atoms with E-state index in [0.717, 1.165) is 12.1 Å². The first-order valence-electron chi connectivity index (χ1n) is 8.01. The third-order valence-electron chi connectivity index (χ3n) is 3.64. The maximum atomic E-state index is 13.3. The van der Waals surface area contributed by atoms with E-state index >= 15 is 0 Å². The molecule has 2 N–H and O–H groups in total. The number of ether oxygens (including phenoxy) is 1. The number of rotatable bonds is 5. The standard InChI is InChI=1S/C19H14F2N4O3/c1-28-18(27)12-4-2-3-5-15(12)24-19-22-9-8-16(25-19)17(26)23-11-6-7-13(20)14(21)10-11/h2-10H,1H3,(H,23,26)(H,22,24,25). The number of amides is 1. The zero-order valence-electron chi connectivity index (χ0n) is 14.6. The van der Waals surface area contributed by atoms with Gasteiger partial charge in [-0.1, -0.05) is 12.1 Å². The number of carbonyl (C=O) groups excluding carboxylic acids is 2. The van der Waals surface area contributed by atoms with Gasteiger partial charge in [-0.2, -0.15) is 0 Å². The van der Waals surface area contributed by atoms with Crippen molar-refractivity contribution in [3.05, 3.63) is 77.6 Å². The Morgan fingerprint density at radius 1 is 1.04 bits per heavy atom. The van der Waals surface area contributed by atoms with Crippen LogP contribution in [0.2, 0.25) is 0 Å². The predicted octanol–water partition coefficient (Wildman–Crippen LogP) is 3.54. The van der Waals surface area contributed by atoms with Gasteiger partial charge in [0, 0.05) is 18.0 Å². The minimum atomic E-state index is -1.08. The number of hydrogen-bond donors (Lipinski definition) is 2. The van der Waals surface area contributed by atoms with Crippen LogP contribution in [-0.2, 0) is 4.74 Å². The van der Waals surface area contributed by atoms with Crippen molar-refractivity contribution in [2.75, 3.05) is 17.7 Å². The molecule has 0 radical (unpaired) electrons. The van der Waals surface area contributed by atoms with Gasteiger partial charge in [0.25, 0.3) is 5.91 Å². The monoisotopic (exact) mass is 384 g/mol. The fourth-order valence-electron chi connectivity index (χ4n) is 2.31. The topological polar surface area (TPSA) is 93.2 Å². The maximum Gasteiger partial charge on any atom is 0.339 e. The van der Waals surface area contributed by atoms with Gasteiger partial charge >= 0.3 is 5.97 Å². The molecule has 3 aromatic rings. The number of nitrogens with one attached hydrogen (secondary N) is 2. The molecule has 3 rings (SSSR count). The molecule has 0 atom stereocenters. The van der Waals surface area contributed by atoms with Crippen LogP contribution in [0.4, 0.5) is 26.1 Å². The summed E-state index contributed by atoms with van der Waals surface area (Å²) >= 11 is 0. The average molecular weight is 384 g/mol. The lowest BCUT2D eigenvalue weighted by molar-refractivity contribution is 0.0601. The lowest BCUT2D eigenvalue weighted by Gasteiger charge is -2.10. The molecule has 7 nitrogen and oxygen atoms in total. The zero-order chi connectivity index (χ0) is 20.1. The first kappa shape index (κ1) is 18.9. The molecule has 1 heterocycles. The van der Waals surface area contributed by atoms with Gasteiger partial charge in [0.2, 0.25) is 5.95 Å². The van der Waals surface area contributed by atoms with Crippen molar-refractivity contribution in [2.24, 2.45) is 0 Å². The smallest absolute Gasteiger partial charge is 0.339 e. The number of anilines is 3. The molecule has 2 aromatic carbocycles. The van der Waals surface area contributed by atoms with Crippen LogP contribution < -0.4 is 10.6 Å². The van der Waals surface area contributed by atoms with E-state index in [2.05, 4.69) is 20.6 Å². The van der Waals surface area contributed by atoms with Crippen LogP contribution >= 0.6 is 0 Å². The molecular weight excluding hydrogens is 370 g/mol. The summed E-state index contributed by atoms with van der Waals surface area (Å²) in [5, 5.41) is 5.27. The molecule has 0 aliphatic heterocycles. The Kier molecular flexibility index (Phi) is 5.54. The predicted molar refractivity (Wildman–Crippen MR) is 97.4 cm³/mol. The summed E-state index contributed by atoms with van der Waals surface area (Å²) in [5.41, 5.74) is 0.726. The molecule has 1 amide bonds. The first-order valence-corrected chi connectivity index (χ1v) is 8.01. The van der Waals surface area contributed by atoms with Gasteiger partial charge < -0.3 is 15.4 Å². The first-order chi connectivity index (χ1) is 13.5. The largest absolute Gasteiger partial charge is 0.465 e. The van der Waals surface area contributed by atoms with E-state index in [0.29, 0.717) is 5.69 Å². The Morgan fingerprint density at radius 3 is 2.57 bits per heavy atom. The van der Waals surface area contributed by atoms with Crippen LogP contribution in [-0.4, -0.2) is 29.0 Å². The normalized spacial score (nSPS) is 10.2. The number of esters is 1. The number of nitrogens with zero attached hydrogens (tertiary/aromatic N) is 2. The molecule has 0 aliphatic rings. The molecule has 1 aromatic heterocycles. The minimum Gasteiger partial charge on any atom is -0.465 e. The van der Waals surface area contributed by atoms with E-state index in [1.54, 1.807) is 24.3 Å². The molecule has 0 unspecified atom stereocenters. The van der Waals surface area contributed by atoms with Gasteiger partial charge in [0.15, 0.2) is 11.6 Å². The van der Waals surface area contributed by atoms with Gasteiger partial charge in [-0.15, -0.1) is 0 Å². The van der Waals surface area contributed by atoms with E-state index in [1.165, 1.54) is 25.4 Å². The van der Waals surface area contributed by atoms with E-state index in [-0.39, 0.29) is 22.9 Å². The number of methoxy groups -OCH3 is 1. The van der Waals surface area contributed by atoms with Crippen molar-refractivity contribution >= 4 is 29.2 Å². The quantitative estimate of drug-likeness (QED) is 0.654. The molecule has 0 fully saturated rings. The highest BCUT2D eigenvalue weighted by Crippen LogP contribution is 2.20. The number of para-hydroxylation sites is 1. The third-order valence-corrected chi connectivity index (χ3v) is 3.64. The van der Waals surface area contributed by atoms with Crippen molar-refractivity contribution in [1.82, 2.24) is 9.97 Å². The third kappa shape index (κ3) is 4.26. The highest BCUT2D eigenvalue weighted by atomic mass is 19.2. The van der Waals surface area contributed by atoms with Gasteiger partial charge in [-0.3, -0.25) is 4.79 Å². The number of halogens is 2. The van der Waals surface area contributed by atoms with Gasteiger partial charge in [-0.25, -0.2) is 23.5 Å². The van der Waals surface area contributed by atoms with Crippen LogP contribution in [0.15, 0.2) is 54.7 Å². The van der Waals surface area contributed by atoms with Crippen molar-refractivity contribution in [3.8, 4) is 0 Å². The molecule has 142 valence electrons. The summed E-state index contributed by atoms with van der Waals surface area (Å²) in [6, 6.07) is 10.9. The van der Waals surface area contributed by atoms with Crippen LogP contribution in [0.3, 0.4) is 0 Å². The number of benzene rings is 2. The second kappa shape index (κ2) is 8.21. The maximum absolute atomic E-state index is 13.3. The number of hydrogen-bond acceptors (Lipinski definition) is 6. The second-order valence-corrected chi connectivity index (χ2v) is 5.51. The Balaban J connectivity index is 1.80. The fourth-order valence-corrected chi connectivity index (χ4v) is 2.31. The molecular formula is C19H14F2N4O3. The second-order valence-electron chi connectivity index (χ2n) is 5.51. The summed E-state index contributed by atoms with van der Waals surface area (Å²) in [4.78, 5) is 32.2. The van der Waals surface area contributed by atoms with Crippen LogP contribution in [0.1, 0.15) is 20.8 Å². The van der Waals surface area contributed by atoms with Gasteiger partial charge in [-0.05, 0) is 30.3 Å². The Hall–Kier alpha value is -3.88. The number of carbonyl (C=O) groups is 2. The van der Waals surface area contributed by atoms with Crippen molar-refractivity contribution in [2.45, 2.75) is 0 Å². The highest BCUT2D eigenvalue weighted by Gasteiger charge is 2.14. The zero-order valence-corrected chi connectivity index (χ0v) is 14.6. The lowest BCUT2D eigenvalue weighted by Crippen LogP contribution is -2.15. The summed E-state index contributed by atoms with van der Waals surface area (Å²) in [6.07, 6.45) is 1.34. The van der Waals surface area contributed by atoms with Gasteiger partial charge in [0.05, 0.1) is 18.4 Å². The fraction of sp³-hybridized carbons (Fsp3) is 0.0526.